The molecule has 0 spiro atoms. The molecule has 2 aromatic rings. The number of hydrogen-bond acceptors (Lipinski definition) is 2. The number of pyridine rings is 1. The maximum absolute atomic E-state index is 4.60. The van der Waals surface area contributed by atoms with E-state index in [9.17, 15) is 0 Å². The van der Waals surface area contributed by atoms with Crippen molar-refractivity contribution in [2.75, 3.05) is 13.1 Å². The Balaban J connectivity index is 1.46. The number of rotatable bonds is 8. The van der Waals surface area contributed by atoms with Crippen LogP contribution in [0.25, 0.3) is 0 Å². The van der Waals surface area contributed by atoms with Crippen molar-refractivity contribution in [3.8, 4) is 0 Å². The Labute approximate surface area is 177 Å². The van der Waals surface area contributed by atoms with Crippen LogP contribution in [-0.4, -0.2) is 29.0 Å². The summed E-state index contributed by atoms with van der Waals surface area (Å²) in [6.45, 7) is 9.60. The summed E-state index contributed by atoms with van der Waals surface area (Å²) in [5.74, 6) is 2.06. The molecule has 0 N–H and O–H groups in total. The summed E-state index contributed by atoms with van der Waals surface area (Å²) in [6, 6.07) is 14.5. The third kappa shape index (κ3) is 5.09. The second kappa shape index (κ2) is 9.43. The van der Waals surface area contributed by atoms with E-state index in [-0.39, 0.29) is 0 Å². The summed E-state index contributed by atoms with van der Waals surface area (Å²) in [5.41, 5.74) is 6.07. The molecule has 0 radical (unpaired) electrons. The third-order valence-electron chi connectivity index (χ3n) is 7.40. The molecule has 2 nitrogen and oxygen atoms in total. The van der Waals surface area contributed by atoms with Gasteiger partial charge in [-0.15, -0.1) is 0 Å². The first-order valence-corrected chi connectivity index (χ1v) is 11.9. The Bertz CT molecular complexity index is 782. The molecule has 0 bridgehead atoms. The van der Waals surface area contributed by atoms with Crippen LogP contribution < -0.4 is 0 Å². The van der Waals surface area contributed by atoms with Gasteiger partial charge in [0.15, 0.2) is 0 Å². The molecule has 156 valence electrons. The molecule has 1 aliphatic heterocycles. The van der Waals surface area contributed by atoms with Crippen LogP contribution in [0.4, 0.5) is 0 Å². The summed E-state index contributed by atoms with van der Waals surface area (Å²) in [5, 5.41) is 0. The monoisotopic (exact) mass is 390 g/mol. The highest BCUT2D eigenvalue weighted by molar-refractivity contribution is 5.36. The van der Waals surface area contributed by atoms with Crippen molar-refractivity contribution >= 4 is 0 Å². The topological polar surface area (TPSA) is 16.1 Å². The standard InChI is InChI=1S/C27H38N2/c1-20(2)29-16-14-22(19-29)17-25(11-10-21(3)27-9-4-5-15-28-27)26-13-12-23-7-6-8-24(23)18-26/h4-5,9,12-13,15,18,20-22,25H,6-8,10-11,14,16-17,19H2,1-3H3. The maximum Gasteiger partial charge on any atom is 0.0431 e. The van der Waals surface area contributed by atoms with Crippen molar-refractivity contribution in [1.29, 1.82) is 0 Å². The maximum atomic E-state index is 4.60. The van der Waals surface area contributed by atoms with Gasteiger partial charge in [0.25, 0.3) is 0 Å². The van der Waals surface area contributed by atoms with Crippen LogP contribution in [0.5, 0.6) is 0 Å². The number of benzene rings is 1. The van der Waals surface area contributed by atoms with Crippen molar-refractivity contribution in [1.82, 2.24) is 9.88 Å². The lowest BCUT2D eigenvalue weighted by Crippen LogP contribution is -2.28. The fraction of sp³-hybridized carbons (Fsp3) is 0.593. The lowest BCUT2D eigenvalue weighted by molar-refractivity contribution is 0.259. The van der Waals surface area contributed by atoms with Crippen molar-refractivity contribution in [3.05, 3.63) is 65.0 Å². The zero-order chi connectivity index (χ0) is 20.2. The lowest BCUT2D eigenvalue weighted by atomic mass is 9.82. The molecule has 3 unspecified atom stereocenters. The van der Waals surface area contributed by atoms with Gasteiger partial charge in [-0.05, 0) is 112 Å². The number of hydrogen-bond donors (Lipinski definition) is 0. The fourth-order valence-corrected chi connectivity index (χ4v) is 5.46. The Morgan fingerprint density at radius 3 is 2.66 bits per heavy atom. The van der Waals surface area contributed by atoms with E-state index in [0.29, 0.717) is 17.9 Å². The lowest BCUT2D eigenvalue weighted by Gasteiger charge is -2.25. The van der Waals surface area contributed by atoms with Gasteiger partial charge in [0.2, 0.25) is 0 Å². The molecule has 1 fully saturated rings. The van der Waals surface area contributed by atoms with E-state index in [4.69, 9.17) is 0 Å². The van der Waals surface area contributed by atoms with Gasteiger partial charge in [0.05, 0.1) is 0 Å². The molecule has 1 aromatic carbocycles. The highest BCUT2D eigenvalue weighted by Crippen LogP contribution is 2.37. The predicted molar refractivity (Wildman–Crippen MR) is 123 cm³/mol. The van der Waals surface area contributed by atoms with Gasteiger partial charge in [0, 0.05) is 24.5 Å². The molecule has 29 heavy (non-hydrogen) atoms. The molecule has 1 aromatic heterocycles. The van der Waals surface area contributed by atoms with E-state index in [1.54, 1.807) is 16.7 Å². The number of aromatic nitrogens is 1. The first-order chi connectivity index (χ1) is 14.1. The molecule has 2 heteroatoms. The van der Waals surface area contributed by atoms with E-state index in [2.05, 4.69) is 61.0 Å². The van der Waals surface area contributed by atoms with E-state index in [1.165, 1.54) is 63.7 Å². The average Bonchev–Trinajstić information content (AvgIpc) is 3.40. The number of nitrogens with zero attached hydrogens (tertiary/aromatic N) is 2. The fourth-order valence-electron chi connectivity index (χ4n) is 5.46. The minimum atomic E-state index is 0.531. The van der Waals surface area contributed by atoms with Gasteiger partial charge in [-0.25, -0.2) is 0 Å². The Hall–Kier alpha value is -1.67. The molecule has 2 aliphatic rings. The van der Waals surface area contributed by atoms with Gasteiger partial charge < -0.3 is 4.90 Å². The Morgan fingerprint density at radius 2 is 1.90 bits per heavy atom. The molecular formula is C27H38N2. The normalized spacial score (nSPS) is 21.4. The number of likely N-dealkylation sites (tertiary alicyclic amines) is 1. The van der Waals surface area contributed by atoms with E-state index < -0.39 is 0 Å². The van der Waals surface area contributed by atoms with E-state index in [0.717, 1.165) is 5.92 Å². The smallest absolute Gasteiger partial charge is 0.0431 e. The molecule has 0 amide bonds. The Morgan fingerprint density at radius 1 is 1.03 bits per heavy atom. The molecule has 1 saturated heterocycles. The van der Waals surface area contributed by atoms with E-state index >= 15 is 0 Å². The van der Waals surface area contributed by atoms with Gasteiger partial charge in [-0.2, -0.15) is 0 Å². The minimum absolute atomic E-state index is 0.531. The van der Waals surface area contributed by atoms with Crippen LogP contribution >= 0.6 is 0 Å². The zero-order valence-electron chi connectivity index (χ0n) is 18.6. The zero-order valence-corrected chi connectivity index (χ0v) is 18.6. The van der Waals surface area contributed by atoms with Crippen LogP contribution in [0, 0.1) is 5.92 Å². The van der Waals surface area contributed by atoms with Crippen LogP contribution in [0.15, 0.2) is 42.6 Å². The summed E-state index contributed by atoms with van der Waals surface area (Å²) in [7, 11) is 0. The number of fused-ring (bicyclic) bond motifs is 1. The molecular weight excluding hydrogens is 352 g/mol. The van der Waals surface area contributed by atoms with Crippen LogP contribution in [0.1, 0.15) is 87.1 Å². The first kappa shape index (κ1) is 20.6. The first-order valence-electron chi connectivity index (χ1n) is 11.9. The second-order valence-electron chi connectivity index (χ2n) is 9.79. The molecule has 4 rings (SSSR count). The summed E-state index contributed by atoms with van der Waals surface area (Å²) in [6.07, 6.45) is 11.0. The molecule has 2 heterocycles. The van der Waals surface area contributed by atoms with Crippen LogP contribution in [0.2, 0.25) is 0 Å². The van der Waals surface area contributed by atoms with Crippen LogP contribution in [-0.2, 0) is 12.8 Å². The molecule has 0 saturated carbocycles. The quantitative estimate of drug-likeness (QED) is 0.521. The average molecular weight is 391 g/mol. The largest absolute Gasteiger partial charge is 0.301 e. The highest BCUT2D eigenvalue weighted by Gasteiger charge is 2.28. The van der Waals surface area contributed by atoms with Gasteiger partial charge in [-0.3, -0.25) is 4.98 Å². The summed E-state index contributed by atoms with van der Waals surface area (Å²) in [4.78, 5) is 7.27. The van der Waals surface area contributed by atoms with Gasteiger partial charge in [-0.1, -0.05) is 31.2 Å². The SMILES string of the molecule is CC(CCC(CC1CCN(C(C)C)C1)c1ccc2c(c1)CCC2)c1ccccn1. The van der Waals surface area contributed by atoms with Crippen molar-refractivity contribution in [3.63, 3.8) is 0 Å². The van der Waals surface area contributed by atoms with Gasteiger partial charge in [0.1, 0.15) is 0 Å². The van der Waals surface area contributed by atoms with Crippen LogP contribution in [0.3, 0.4) is 0 Å². The molecule has 3 atom stereocenters. The summed E-state index contributed by atoms with van der Waals surface area (Å²) >= 11 is 0. The van der Waals surface area contributed by atoms with Gasteiger partial charge >= 0.3 is 0 Å². The summed E-state index contributed by atoms with van der Waals surface area (Å²) < 4.78 is 0. The van der Waals surface area contributed by atoms with E-state index in [1.807, 2.05) is 12.3 Å². The number of aryl methyl sites for hydroxylation is 2. The predicted octanol–water partition coefficient (Wildman–Crippen LogP) is 6.36. The molecule has 1 aliphatic carbocycles. The minimum Gasteiger partial charge on any atom is -0.301 e. The van der Waals surface area contributed by atoms with Crippen molar-refractivity contribution in [2.24, 2.45) is 5.92 Å². The second-order valence-corrected chi connectivity index (χ2v) is 9.79. The Kier molecular flexibility index (Phi) is 6.70. The van der Waals surface area contributed by atoms with Crippen molar-refractivity contribution in [2.45, 2.75) is 83.6 Å². The highest BCUT2D eigenvalue weighted by atomic mass is 15.2. The third-order valence-corrected chi connectivity index (χ3v) is 7.40. The van der Waals surface area contributed by atoms with Crippen molar-refractivity contribution < 1.29 is 0 Å².